The Morgan fingerprint density at radius 2 is 1.83 bits per heavy atom. The molecule has 1 aromatic heterocycles. The van der Waals surface area contributed by atoms with Crippen LogP contribution in [0.4, 0.5) is 17.2 Å². The van der Waals surface area contributed by atoms with Gasteiger partial charge < -0.3 is 20.4 Å². The first kappa shape index (κ1) is 24.3. The van der Waals surface area contributed by atoms with Gasteiger partial charge in [0.1, 0.15) is 11.6 Å². The number of aryl methyl sites for hydroxylation is 1. The lowest BCUT2D eigenvalue weighted by Gasteiger charge is -2.18. The fraction of sp³-hybridized carbons (Fsp3) is 0.333. The molecule has 2 aromatic carbocycles. The molecule has 1 aliphatic rings. The zero-order valence-electron chi connectivity index (χ0n) is 20.5. The van der Waals surface area contributed by atoms with E-state index in [2.05, 4.69) is 25.5 Å². The van der Waals surface area contributed by atoms with Crippen molar-refractivity contribution >= 4 is 29.0 Å². The molecule has 0 radical (unpaired) electrons. The molecule has 8 nitrogen and oxygen atoms in total. The van der Waals surface area contributed by atoms with Crippen LogP contribution in [0, 0.1) is 12.8 Å². The third kappa shape index (κ3) is 6.64. The maximum absolute atomic E-state index is 12.9. The SMILES string of the molecule is Cc1nc(Nc2cccc(NC(=O)C3CC(=O)N(CCCN(C)C)C3)c2)cc(-c2ccccc2)n1. The Bertz CT molecular complexity index is 1180. The van der Waals surface area contributed by atoms with E-state index in [1.165, 1.54) is 0 Å². The van der Waals surface area contributed by atoms with E-state index in [1.54, 1.807) is 4.90 Å². The number of benzene rings is 2. The maximum atomic E-state index is 12.9. The number of amides is 2. The van der Waals surface area contributed by atoms with Crippen LogP contribution >= 0.6 is 0 Å². The number of nitrogens with zero attached hydrogens (tertiary/aromatic N) is 4. The number of nitrogens with one attached hydrogen (secondary N) is 2. The molecule has 0 bridgehead atoms. The second kappa shape index (κ2) is 11.1. The number of hydrogen-bond donors (Lipinski definition) is 2. The number of carbonyl (C=O) groups excluding carboxylic acids is 2. The Morgan fingerprint density at radius 3 is 2.60 bits per heavy atom. The molecule has 1 saturated heterocycles. The van der Waals surface area contributed by atoms with E-state index in [0.717, 1.165) is 29.9 Å². The van der Waals surface area contributed by atoms with Gasteiger partial charge in [-0.3, -0.25) is 9.59 Å². The Balaban J connectivity index is 1.39. The van der Waals surface area contributed by atoms with Crippen molar-refractivity contribution in [3.8, 4) is 11.3 Å². The number of aromatic nitrogens is 2. The van der Waals surface area contributed by atoms with Gasteiger partial charge >= 0.3 is 0 Å². The van der Waals surface area contributed by atoms with Gasteiger partial charge in [0.15, 0.2) is 0 Å². The standard InChI is InChI=1S/C27H32N6O2/c1-19-28-24(20-9-5-4-6-10-20)17-25(29-19)30-22-11-7-12-23(16-22)31-27(35)21-15-26(34)33(18-21)14-8-13-32(2)3/h4-7,9-12,16-17,21H,8,13-15,18H2,1-3H3,(H,31,35)(H,28,29,30). The summed E-state index contributed by atoms with van der Waals surface area (Å²) in [5.41, 5.74) is 3.33. The van der Waals surface area contributed by atoms with E-state index in [1.807, 2.05) is 81.7 Å². The molecular weight excluding hydrogens is 440 g/mol. The van der Waals surface area contributed by atoms with Crippen LogP contribution in [-0.4, -0.2) is 65.3 Å². The van der Waals surface area contributed by atoms with E-state index in [9.17, 15) is 9.59 Å². The van der Waals surface area contributed by atoms with E-state index in [4.69, 9.17) is 0 Å². The van der Waals surface area contributed by atoms with Gasteiger partial charge in [-0.05, 0) is 52.2 Å². The average Bonchev–Trinajstić information content (AvgIpc) is 3.20. The first-order valence-electron chi connectivity index (χ1n) is 11.9. The molecule has 8 heteroatoms. The van der Waals surface area contributed by atoms with Gasteiger partial charge in [0.05, 0.1) is 11.6 Å². The molecule has 1 atom stereocenters. The van der Waals surface area contributed by atoms with Crippen molar-refractivity contribution in [2.75, 3.05) is 44.4 Å². The number of likely N-dealkylation sites (tertiary alicyclic amines) is 1. The van der Waals surface area contributed by atoms with Crippen LogP contribution in [0.1, 0.15) is 18.7 Å². The highest BCUT2D eigenvalue weighted by molar-refractivity contribution is 5.97. The molecule has 182 valence electrons. The summed E-state index contributed by atoms with van der Waals surface area (Å²) >= 11 is 0. The molecule has 1 fully saturated rings. The summed E-state index contributed by atoms with van der Waals surface area (Å²) in [6.45, 7) is 3.93. The van der Waals surface area contributed by atoms with Crippen LogP contribution in [0.15, 0.2) is 60.7 Å². The van der Waals surface area contributed by atoms with Gasteiger partial charge in [0.2, 0.25) is 11.8 Å². The maximum Gasteiger partial charge on any atom is 0.229 e. The molecule has 1 unspecified atom stereocenters. The second-order valence-electron chi connectivity index (χ2n) is 9.14. The van der Waals surface area contributed by atoms with Crippen LogP contribution in [0.2, 0.25) is 0 Å². The van der Waals surface area contributed by atoms with E-state index >= 15 is 0 Å². The summed E-state index contributed by atoms with van der Waals surface area (Å²) in [5, 5.41) is 6.29. The predicted molar refractivity (Wildman–Crippen MR) is 138 cm³/mol. The van der Waals surface area contributed by atoms with Crippen molar-refractivity contribution in [2.45, 2.75) is 19.8 Å². The summed E-state index contributed by atoms with van der Waals surface area (Å²) in [5.74, 6) is 0.924. The number of rotatable bonds is 9. The molecule has 0 saturated carbocycles. The third-order valence-electron chi connectivity index (χ3n) is 5.93. The third-order valence-corrected chi connectivity index (χ3v) is 5.93. The zero-order valence-corrected chi connectivity index (χ0v) is 20.5. The number of hydrogen-bond acceptors (Lipinski definition) is 6. The van der Waals surface area contributed by atoms with E-state index in [-0.39, 0.29) is 24.2 Å². The highest BCUT2D eigenvalue weighted by Gasteiger charge is 2.33. The minimum Gasteiger partial charge on any atom is -0.342 e. The van der Waals surface area contributed by atoms with Gasteiger partial charge in [-0.1, -0.05) is 36.4 Å². The topological polar surface area (TPSA) is 90.5 Å². The van der Waals surface area contributed by atoms with Gasteiger partial charge in [-0.25, -0.2) is 9.97 Å². The molecular formula is C27H32N6O2. The highest BCUT2D eigenvalue weighted by Crippen LogP contribution is 2.25. The van der Waals surface area contributed by atoms with Gasteiger partial charge in [0, 0.05) is 42.5 Å². The van der Waals surface area contributed by atoms with Crippen molar-refractivity contribution in [1.29, 1.82) is 0 Å². The quantitative estimate of drug-likeness (QED) is 0.490. The summed E-state index contributed by atoms with van der Waals surface area (Å²) in [4.78, 5) is 38.1. The Kier molecular flexibility index (Phi) is 7.72. The van der Waals surface area contributed by atoms with Crippen molar-refractivity contribution in [3.05, 3.63) is 66.5 Å². The van der Waals surface area contributed by atoms with Gasteiger partial charge in [-0.2, -0.15) is 0 Å². The molecule has 0 spiro atoms. The summed E-state index contributed by atoms with van der Waals surface area (Å²) in [6, 6.07) is 19.4. The highest BCUT2D eigenvalue weighted by atomic mass is 16.2. The fourth-order valence-corrected chi connectivity index (χ4v) is 4.20. The summed E-state index contributed by atoms with van der Waals surface area (Å²) in [6.07, 6.45) is 1.16. The number of anilines is 3. The zero-order chi connectivity index (χ0) is 24.8. The molecule has 2 N–H and O–H groups in total. The summed E-state index contributed by atoms with van der Waals surface area (Å²) in [7, 11) is 4.03. The van der Waals surface area contributed by atoms with Crippen LogP contribution in [0.5, 0.6) is 0 Å². The molecule has 3 aromatic rings. The fourth-order valence-electron chi connectivity index (χ4n) is 4.20. The van der Waals surface area contributed by atoms with E-state index < -0.39 is 0 Å². The average molecular weight is 473 g/mol. The Labute approximate surface area is 206 Å². The van der Waals surface area contributed by atoms with Crippen LogP contribution in [0.25, 0.3) is 11.3 Å². The normalized spacial score (nSPS) is 15.5. The Morgan fingerprint density at radius 1 is 1.06 bits per heavy atom. The molecule has 2 amide bonds. The smallest absolute Gasteiger partial charge is 0.229 e. The Hall–Kier alpha value is -3.78. The van der Waals surface area contributed by atoms with Crippen LogP contribution in [-0.2, 0) is 9.59 Å². The lowest BCUT2D eigenvalue weighted by molar-refractivity contribution is -0.128. The minimum atomic E-state index is -0.337. The van der Waals surface area contributed by atoms with Crippen molar-refractivity contribution in [1.82, 2.24) is 19.8 Å². The van der Waals surface area contributed by atoms with Crippen molar-refractivity contribution in [3.63, 3.8) is 0 Å². The first-order chi connectivity index (χ1) is 16.9. The van der Waals surface area contributed by atoms with Gasteiger partial charge in [-0.15, -0.1) is 0 Å². The monoisotopic (exact) mass is 472 g/mol. The van der Waals surface area contributed by atoms with Crippen LogP contribution in [0.3, 0.4) is 0 Å². The number of carbonyl (C=O) groups is 2. The van der Waals surface area contributed by atoms with Gasteiger partial charge in [0.25, 0.3) is 0 Å². The largest absolute Gasteiger partial charge is 0.342 e. The molecule has 0 aliphatic carbocycles. The lowest BCUT2D eigenvalue weighted by atomic mass is 10.1. The second-order valence-corrected chi connectivity index (χ2v) is 9.14. The van der Waals surface area contributed by atoms with Crippen molar-refractivity contribution < 1.29 is 9.59 Å². The van der Waals surface area contributed by atoms with E-state index in [0.29, 0.717) is 30.4 Å². The predicted octanol–water partition coefficient (Wildman–Crippen LogP) is 3.93. The van der Waals surface area contributed by atoms with Crippen LogP contribution < -0.4 is 10.6 Å². The summed E-state index contributed by atoms with van der Waals surface area (Å²) < 4.78 is 0. The first-order valence-corrected chi connectivity index (χ1v) is 11.9. The molecule has 4 rings (SSSR count). The molecule has 35 heavy (non-hydrogen) atoms. The molecule has 1 aliphatic heterocycles. The van der Waals surface area contributed by atoms with Crippen molar-refractivity contribution in [2.24, 2.45) is 5.92 Å². The lowest BCUT2D eigenvalue weighted by Crippen LogP contribution is -2.30. The molecule has 2 heterocycles. The minimum absolute atomic E-state index is 0.0488.